The van der Waals surface area contributed by atoms with Gasteiger partial charge in [0.25, 0.3) is 0 Å². The van der Waals surface area contributed by atoms with E-state index in [4.69, 9.17) is 0 Å². The summed E-state index contributed by atoms with van der Waals surface area (Å²) < 4.78 is 0. The van der Waals surface area contributed by atoms with Gasteiger partial charge < -0.3 is 0 Å². The van der Waals surface area contributed by atoms with E-state index < -0.39 is 0 Å². The zero-order valence-electron chi connectivity index (χ0n) is 6.09. The van der Waals surface area contributed by atoms with Gasteiger partial charge in [-0.25, -0.2) is 0 Å². The molecular formula is C8H10Li+. The summed E-state index contributed by atoms with van der Waals surface area (Å²) >= 11 is 0. The third-order valence-electron chi connectivity index (χ3n) is 1.25. The van der Waals surface area contributed by atoms with Crippen LogP contribution < -0.4 is 18.9 Å². The molecule has 0 unspecified atom stereocenters. The first-order valence-electron chi connectivity index (χ1n) is 2.97. The third kappa shape index (κ3) is 2.74. The average molecular weight is 113 g/mol. The number of rotatable bonds is 1. The van der Waals surface area contributed by atoms with Crippen LogP contribution >= 0.6 is 0 Å². The molecule has 0 aliphatic carbocycles. The summed E-state index contributed by atoms with van der Waals surface area (Å²) in [6, 6.07) is 10.5. The predicted molar refractivity (Wildman–Crippen MR) is 35.8 cm³/mol. The Balaban J connectivity index is 0.000000640. The van der Waals surface area contributed by atoms with Crippen LogP contribution in [0.5, 0.6) is 0 Å². The second-order valence-corrected chi connectivity index (χ2v) is 1.84. The van der Waals surface area contributed by atoms with E-state index >= 15 is 0 Å². The third-order valence-corrected chi connectivity index (χ3v) is 1.25. The Morgan fingerprint density at radius 1 is 1.11 bits per heavy atom. The maximum atomic E-state index is 2.16. The normalized spacial score (nSPS) is 8.11. The molecule has 0 saturated heterocycles. The van der Waals surface area contributed by atoms with Gasteiger partial charge in [0.15, 0.2) is 0 Å². The van der Waals surface area contributed by atoms with Crippen molar-refractivity contribution in [2.45, 2.75) is 13.3 Å². The predicted octanol–water partition coefficient (Wildman–Crippen LogP) is -0.747. The molecule has 0 nitrogen and oxygen atoms in total. The number of hydrogen-bond donors (Lipinski definition) is 0. The van der Waals surface area contributed by atoms with Crippen molar-refractivity contribution in [2.24, 2.45) is 0 Å². The molecule has 1 aromatic rings. The van der Waals surface area contributed by atoms with Crippen molar-refractivity contribution in [1.29, 1.82) is 0 Å². The van der Waals surface area contributed by atoms with Gasteiger partial charge in [0, 0.05) is 0 Å². The van der Waals surface area contributed by atoms with E-state index in [1.807, 2.05) is 6.07 Å². The van der Waals surface area contributed by atoms with Crippen molar-refractivity contribution in [3.63, 3.8) is 0 Å². The van der Waals surface area contributed by atoms with E-state index in [1.165, 1.54) is 5.56 Å². The van der Waals surface area contributed by atoms with Gasteiger partial charge in [0.05, 0.1) is 0 Å². The zero-order chi connectivity index (χ0) is 5.82. The summed E-state index contributed by atoms with van der Waals surface area (Å²) in [6.07, 6.45) is 1.14. The van der Waals surface area contributed by atoms with E-state index in [-0.39, 0.29) is 18.9 Å². The maximum absolute atomic E-state index is 2.16. The largest absolute Gasteiger partial charge is 1.00 e. The van der Waals surface area contributed by atoms with Crippen LogP contribution in [0.15, 0.2) is 30.3 Å². The number of hydrogen-bond acceptors (Lipinski definition) is 0. The topological polar surface area (TPSA) is 0 Å². The summed E-state index contributed by atoms with van der Waals surface area (Å²) in [7, 11) is 0. The minimum atomic E-state index is 0. The van der Waals surface area contributed by atoms with Gasteiger partial charge in [-0.3, -0.25) is 0 Å². The molecule has 0 spiro atoms. The van der Waals surface area contributed by atoms with E-state index in [0.717, 1.165) is 6.42 Å². The van der Waals surface area contributed by atoms with Gasteiger partial charge in [-0.05, 0) is 12.0 Å². The molecule has 0 bridgehead atoms. The van der Waals surface area contributed by atoms with Crippen LogP contribution in [0, 0.1) is 0 Å². The molecule has 0 aliphatic rings. The van der Waals surface area contributed by atoms with Crippen LogP contribution in [0.3, 0.4) is 0 Å². The average Bonchev–Trinajstić information content (AvgIpc) is 1.90. The van der Waals surface area contributed by atoms with E-state index in [9.17, 15) is 0 Å². The van der Waals surface area contributed by atoms with Gasteiger partial charge in [0.2, 0.25) is 0 Å². The first-order valence-corrected chi connectivity index (χ1v) is 2.97. The molecule has 0 aliphatic heterocycles. The standard InChI is InChI=1S/C8H10.Li/c1-2-8-6-4-3-5-7-8;/h3-7H,2H2,1H3;/q;+1. The summed E-state index contributed by atoms with van der Waals surface area (Å²) in [6.45, 7) is 2.16. The molecule has 42 valence electrons. The molecule has 0 N–H and O–H groups in total. The molecule has 0 amide bonds. The van der Waals surface area contributed by atoms with Gasteiger partial charge in [-0.15, -0.1) is 0 Å². The molecule has 1 aromatic carbocycles. The molecule has 1 rings (SSSR count). The van der Waals surface area contributed by atoms with E-state index in [0.29, 0.717) is 0 Å². The van der Waals surface area contributed by atoms with Crippen LogP contribution in [-0.2, 0) is 6.42 Å². The molecule has 0 atom stereocenters. The number of aryl methyl sites for hydroxylation is 1. The fraction of sp³-hybridized carbons (Fsp3) is 0.250. The quantitative estimate of drug-likeness (QED) is 0.420. The summed E-state index contributed by atoms with van der Waals surface area (Å²) in [4.78, 5) is 0. The molecular weight excluding hydrogens is 103 g/mol. The van der Waals surface area contributed by atoms with Gasteiger partial charge in [-0.2, -0.15) is 0 Å². The summed E-state index contributed by atoms with van der Waals surface area (Å²) in [5.41, 5.74) is 1.41. The molecule has 1 heteroatoms. The van der Waals surface area contributed by atoms with Gasteiger partial charge in [-0.1, -0.05) is 37.3 Å². The van der Waals surface area contributed by atoms with Crippen molar-refractivity contribution in [3.05, 3.63) is 35.9 Å². The van der Waals surface area contributed by atoms with Crippen LogP contribution in [0.2, 0.25) is 0 Å². The van der Waals surface area contributed by atoms with E-state index in [2.05, 4.69) is 31.2 Å². The van der Waals surface area contributed by atoms with Crippen molar-refractivity contribution in [1.82, 2.24) is 0 Å². The van der Waals surface area contributed by atoms with Crippen molar-refractivity contribution >= 4 is 0 Å². The minimum Gasteiger partial charge on any atom is -0.0622 e. The first kappa shape index (κ1) is 8.82. The Kier molecular flexibility index (Phi) is 4.58. The molecule has 0 aromatic heterocycles. The van der Waals surface area contributed by atoms with Crippen LogP contribution in [-0.4, -0.2) is 0 Å². The summed E-state index contributed by atoms with van der Waals surface area (Å²) in [5.74, 6) is 0. The fourth-order valence-electron chi connectivity index (χ4n) is 0.714. The molecule has 9 heavy (non-hydrogen) atoms. The zero-order valence-corrected chi connectivity index (χ0v) is 6.09. The Morgan fingerprint density at radius 2 is 1.67 bits per heavy atom. The molecule has 0 saturated carbocycles. The van der Waals surface area contributed by atoms with E-state index in [1.54, 1.807) is 0 Å². The van der Waals surface area contributed by atoms with Gasteiger partial charge in [0.1, 0.15) is 0 Å². The molecule has 0 fully saturated rings. The second kappa shape index (κ2) is 4.67. The van der Waals surface area contributed by atoms with Crippen LogP contribution in [0.25, 0.3) is 0 Å². The Bertz CT molecular complexity index is 146. The Hall–Kier alpha value is -0.183. The van der Waals surface area contributed by atoms with Crippen LogP contribution in [0.4, 0.5) is 0 Å². The minimum absolute atomic E-state index is 0. The smallest absolute Gasteiger partial charge is 0.0622 e. The van der Waals surface area contributed by atoms with Gasteiger partial charge >= 0.3 is 18.9 Å². The van der Waals surface area contributed by atoms with Crippen LogP contribution in [0.1, 0.15) is 12.5 Å². The molecule has 0 radical (unpaired) electrons. The molecule has 0 heterocycles. The number of benzene rings is 1. The second-order valence-electron chi connectivity index (χ2n) is 1.84. The fourth-order valence-corrected chi connectivity index (χ4v) is 0.714. The van der Waals surface area contributed by atoms with Crippen molar-refractivity contribution in [2.75, 3.05) is 0 Å². The van der Waals surface area contributed by atoms with Crippen molar-refractivity contribution < 1.29 is 18.9 Å². The Morgan fingerprint density at radius 3 is 2.00 bits per heavy atom. The first-order chi connectivity index (χ1) is 3.93. The monoisotopic (exact) mass is 113 g/mol. The SMILES string of the molecule is CCc1ccccc1.[Li+]. The maximum Gasteiger partial charge on any atom is 1.00 e. The van der Waals surface area contributed by atoms with Crippen molar-refractivity contribution in [3.8, 4) is 0 Å². The summed E-state index contributed by atoms with van der Waals surface area (Å²) in [5, 5.41) is 0. The Labute approximate surface area is 68.5 Å².